The number of halogens is 1. The molecule has 0 spiro atoms. The van der Waals surface area contributed by atoms with Gasteiger partial charge in [0, 0.05) is 17.8 Å². The molecule has 2 heterocycles. The summed E-state index contributed by atoms with van der Waals surface area (Å²) in [6.45, 7) is 4.41. The Balaban J connectivity index is 1.99. The highest BCUT2D eigenvalue weighted by molar-refractivity contribution is 5.12. The Morgan fingerprint density at radius 3 is 2.93 bits per heavy atom. The minimum atomic E-state index is -0.246. The molecule has 1 aliphatic rings. The SMILES string of the molecule is CC1(C)CCC(Cc2cncc(F)c2)N1. The quantitative estimate of drug-likeness (QED) is 0.806. The molecule has 1 saturated heterocycles. The van der Waals surface area contributed by atoms with Gasteiger partial charge in [-0.3, -0.25) is 4.98 Å². The Morgan fingerprint density at radius 2 is 2.33 bits per heavy atom. The van der Waals surface area contributed by atoms with Crippen molar-refractivity contribution in [2.45, 2.75) is 44.7 Å². The van der Waals surface area contributed by atoms with Crippen molar-refractivity contribution in [1.29, 1.82) is 0 Å². The van der Waals surface area contributed by atoms with Crippen LogP contribution in [0, 0.1) is 5.82 Å². The fourth-order valence-corrected chi connectivity index (χ4v) is 2.24. The molecule has 15 heavy (non-hydrogen) atoms. The number of hydrogen-bond acceptors (Lipinski definition) is 2. The van der Waals surface area contributed by atoms with Crippen LogP contribution in [-0.4, -0.2) is 16.6 Å². The van der Waals surface area contributed by atoms with E-state index in [-0.39, 0.29) is 11.4 Å². The maximum absolute atomic E-state index is 12.9. The van der Waals surface area contributed by atoms with E-state index in [0.29, 0.717) is 6.04 Å². The summed E-state index contributed by atoms with van der Waals surface area (Å²) < 4.78 is 12.9. The second-order valence-corrected chi connectivity index (χ2v) is 4.98. The van der Waals surface area contributed by atoms with Gasteiger partial charge < -0.3 is 5.32 Å². The van der Waals surface area contributed by atoms with Crippen molar-refractivity contribution in [3.8, 4) is 0 Å². The molecule has 1 unspecified atom stereocenters. The molecule has 0 amide bonds. The number of aromatic nitrogens is 1. The fraction of sp³-hybridized carbons (Fsp3) is 0.583. The Hall–Kier alpha value is -0.960. The molecule has 82 valence electrons. The van der Waals surface area contributed by atoms with E-state index in [1.807, 2.05) is 0 Å². The van der Waals surface area contributed by atoms with Crippen LogP contribution in [0.5, 0.6) is 0 Å². The van der Waals surface area contributed by atoms with Gasteiger partial charge in [0.15, 0.2) is 0 Å². The van der Waals surface area contributed by atoms with Crippen LogP contribution in [0.4, 0.5) is 4.39 Å². The molecule has 1 atom stereocenters. The lowest BCUT2D eigenvalue weighted by Crippen LogP contribution is -2.38. The number of pyridine rings is 1. The van der Waals surface area contributed by atoms with Crippen molar-refractivity contribution in [3.05, 3.63) is 29.8 Å². The molecule has 0 aromatic carbocycles. The normalized spacial score (nSPS) is 24.3. The molecular weight excluding hydrogens is 191 g/mol. The Labute approximate surface area is 89.9 Å². The van der Waals surface area contributed by atoms with Gasteiger partial charge in [0.25, 0.3) is 0 Å². The molecule has 1 N–H and O–H groups in total. The third-order valence-corrected chi connectivity index (χ3v) is 2.96. The van der Waals surface area contributed by atoms with Crippen molar-refractivity contribution >= 4 is 0 Å². The number of nitrogens with zero attached hydrogens (tertiary/aromatic N) is 1. The van der Waals surface area contributed by atoms with E-state index in [1.54, 1.807) is 12.3 Å². The van der Waals surface area contributed by atoms with Gasteiger partial charge in [-0.25, -0.2) is 4.39 Å². The lowest BCUT2D eigenvalue weighted by atomic mass is 10.0. The Morgan fingerprint density at radius 1 is 1.53 bits per heavy atom. The molecule has 1 aromatic rings. The largest absolute Gasteiger partial charge is 0.309 e. The van der Waals surface area contributed by atoms with E-state index < -0.39 is 0 Å². The molecule has 1 aromatic heterocycles. The van der Waals surface area contributed by atoms with Gasteiger partial charge in [-0.2, -0.15) is 0 Å². The molecule has 2 nitrogen and oxygen atoms in total. The van der Waals surface area contributed by atoms with Gasteiger partial charge in [-0.15, -0.1) is 0 Å². The lowest BCUT2D eigenvalue weighted by Gasteiger charge is -2.20. The zero-order chi connectivity index (χ0) is 10.9. The molecule has 3 heteroatoms. The van der Waals surface area contributed by atoms with Crippen LogP contribution in [0.2, 0.25) is 0 Å². The minimum absolute atomic E-state index is 0.228. The smallest absolute Gasteiger partial charge is 0.141 e. The van der Waals surface area contributed by atoms with Gasteiger partial charge >= 0.3 is 0 Å². The van der Waals surface area contributed by atoms with Gasteiger partial charge in [-0.05, 0) is 44.7 Å². The van der Waals surface area contributed by atoms with Gasteiger partial charge in [0.2, 0.25) is 0 Å². The summed E-state index contributed by atoms with van der Waals surface area (Å²) in [4.78, 5) is 3.86. The third-order valence-electron chi connectivity index (χ3n) is 2.96. The van der Waals surface area contributed by atoms with Crippen molar-refractivity contribution < 1.29 is 4.39 Å². The van der Waals surface area contributed by atoms with Crippen molar-refractivity contribution in [2.75, 3.05) is 0 Å². The van der Waals surface area contributed by atoms with Gasteiger partial charge in [0.1, 0.15) is 5.82 Å². The average Bonchev–Trinajstić information content (AvgIpc) is 2.45. The minimum Gasteiger partial charge on any atom is -0.309 e. The van der Waals surface area contributed by atoms with Crippen molar-refractivity contribution in [1.82, 2.24) is 10.3 Å². The lowest BCUT2D eigenvalue weighted by molar-refractivity contribution is 0.427. The molecular formula is C12H17FN2. The van der Waals surface area contributed by atoms with Gasteiger partial charge in [0.05, 0.1) is 6.20 Å². The van der Waals surface area contributed by atoms with Gasteiger partial charge in [-0.1, -0.05) is 0 Å². The van der Waals surface area contributed by atoms with E-state index in [1.165, 1.54) is 12.6 Å². The predicted molar refractivity (Wildman–Crippen MR) is 58.1 cm³/mol. The molecule has 2 rings (SSSR count). The van der Waals surface area contributed by atoms with Crippen LogP contribution >= 0.6 is 0 Å². The molecule has 1 aliphatic heterocycles. The van der Waals surface area contributed by atoms with Crippen LogP contribution in [-0.2, 0) is 6.42 Å². The number of nitrogens with one attached hydrogen (secondary N) is 1. The topological polar surface area (TPSA) is 24.9 Å². The molecule has 0 bridgehead atoms. The van der Waals surface area contributed by atoms with E-state index in [2.05, 4.69) is 24.1 Å². The monoisotopic (exact) mass is 208 g/mol. The number of hydrogen-bond donors (Lipinski definition) is 1. The molecule has 0 aliphatic carbocycles. The van der Waals surface area contributed by atoms with Crippen LogP contribution in [0.15, 0.2) is 18.5 Å². The summed E-state index contributed by atoms with van der Waals surface area (Å²) in [6.07, 6.45) is 6.20. The summed E-state index contributed by atoms with van der Waals surface area (Å²) in [7, 11) is 0. The molecule has 0 saturated carbocycles. The third kappa shape index (κ3) is 2.75. The molecule has 1 fully saturated rings. The summed E-state index contributed by atoms with van der Waals surface area (Å²) >= 11 is 0. The van der Waals surface area contributed by atoms with Crippen LogP contribution in [0.1, 0.15) is 32.3 Å². The van der Waals surface area contributed by atoms with E-state index in [9.17, 15) is 4.39 Å². The van der Waals surface area contributed by atoms with Crippen LogP contribution in [0.25, 0.3) is 0 Å². The Kier molecular flexibility index (Phi) is 2.74. The van der Waals surface area contributed by atoms with Crippen LogP contribution in [0.3, 0.4) is 0 Å². The number of rotatable bonds is 2. The summed E-state index contributed by atoms with van der Waals surface area (Å²) in [5, 5.41) is 3.55. The first-order valence-corrected chi connectivity index (χ1v) is 5.42. The summed E-state index contributed by atoms with van der Waals surface area (Å²) in [6, 6.07) is 2.03. The first-order valence-electron chi connectivity index (χ1n) is 5.42. The zero-order valence-electron chi connectivity index (χ0n) is 9.26. The summed E-state index contributed by atoms with van der Waals surface area (Å²) in [5.74, 6) is -0.246. The van der Waals surface area contributed by atoms with Crippen molar-refractivity contribution in [2.24, 2.45) is 0 Å². The second kappa shape index (κ2) is 3.89. The second-order valence-electron chi connectivity index (χ2n) is 4.98. The maximum atomic E-state index is 12.9. The average molecular weight is 208 g/mol. The highest BCUT2D eigenvalue weighted by Gasteiger charge is 2.29. The first-order chi connectivity index (χ1) is 7.05. The maximum Gasteiger partial charge on any atom is 0.141 e. The zero-order valence-corrected chi connectivity index (χ0v) is 9.26. The van der Waals surface area contributed by atoms with E-state index >= 15 is 0 Å². The highest BCUT2D eigenvalue weighted by atomic mass is 19.1. The van der Waals surface area contributed by atoms with Crippen LogP contribution < -0.4 is 5.32 Å². The van der Waals surface area contributed by atoms with Crippen molar-refractivity contribution in [3.63, 3.8) is 0 Å². The predicted octanol–water partition coefficient (Wildman–Crippen LogP) is 2.29. The summed E-state index contributed by atoms with van der Waals surface area (Å²) in [5.41, 5.74) is 1.20. The van der Waals surface area contributed by atoms with E-state index in [4.69, 9.17) is 0 Å². The highest BCUT2D eigenvalue weighted by Crippen LogP contribution is 2.24. The van der Waals surface area contributed by atoms with E-state index in [0.717, 1.165) is 18.4 Å². The fourth-order valence-electron chi connectivity index (χ4n) is 2.24. The standard InChI is InChI=1S/C12H17FN2/c1-12(2)4-3-11(15-12)6-9-5-10(13)8-14-7-9/h5,7-8,11,15H,3-4,6H2,1-2H3. The Bertz CT molecular complexity index is 349. The first kappa shape index (κ1) is 10.6. The molecule has 0 radical (unpaired) electrons.